The van der Waals surface area contributed by atoms with Gasteiger partial charge in [-0.1, -0.05) is 42.5 Å². The maximum absolute atomic E-state index is 12.9. The zero-order chi connectivity index (χ0) is 22.0. The first-order chi connectivity index (χ1) is 14.9. The number of hydrogen-bond acceptors (Lipinski definition) is 5. The van der Waals surface area contributed by atoms with Crippen LogP contribution >= 0.6 is 0 Å². The van der Waals surface area contributed by atoms with Crippen molar-refractivity contribution in [1.82, 2.24) is 10.2 Å². The van der Waals surface area contributed by atoms with Crippen molar-refractivity contribution in [3.05, 3.63) is 78.3 Å². The number of amides is 3. The van der Waals surface area contributed by atoms with Crippen molar-refractivity contribution in [3.63, 3.8) is 0 Å². The van der Waals surface area contributed by atoms with Crippen LogP contribution in [0.3, 0.4) is 0 Å². The SMILES string of the molecule is Cc1ccc(C2(C)NC(=O)N(CC(O)COc3ccc(-c4ccccc4)cc3)C2=O)o1. The van der Waals surface area contributed by atoms with Crippen molar-refractivity contribution in [2.75, 3.05) is 13.2 Å². The molecule has 0 radical (unpaired) electrons. The van der Waals surface area contributed by atoms with Crippen LogP contribution in [0.5, 0.6) is 5.75 Å². The molecule has 3 aromatic rings. The first-order valence-corrected chi connectivity index (χ1v) is 10.0. The Balaban J connectivity index is 1.35. The smallest absolute Gasteiger partial charge is 0.325 e. The van der Waals surface area contributed by atoms with Crippen LogP contribution in [0.4, 0.5) is 4.79 Å². The van der Waals surface area contributed by atoms with Gasteiger partial charge in [0.25, 0.3) is 5.91 Å². The summed E-state index contributed by atoms with van der Waals surface area (Å²) in [6.45, 7) is 3.11. The number of carbonyl (C=O) groups excluding carboxylic acids is 2. The minimum absolute atomic E-state index is 0.0572. The fourth-order valence-electron chi connectivity index (χ4n) is 3.56. The van der Waals surface area contributed by atoms with Gasteiger partial charge >= 0.3 is 6.03 Å². The molecule has 1 aliphatic heterocycles. The number of ether oxygens (including phenoxy) is 1. The Morgan fingerprint density at radius 2 is 1.71 bits per heavy atom. The summed E-state index contributed by atoms with van der Waals surface area (Å²) < 4.78 is 11.2. The number of carbonyl (C=O) groups is 2. The Bertz CT molecular complexity index is 1080. The third-order valence-electron chi connectivity index (χ3n) is 5.31. The van der Waals surface area contributed by atoms with Gasteiger partial charge in [0.15, 0.2) is 5.54 Å². The van der Waals surface area contributed by atoms with Crippen LogP contribution in [-0.2, 0) is 10.3 Å². The van der Waals surface area contributed by atoms with Crippen LogP contribution in [-0.4, -0.2) is 41.2 Å². The summed E-state index contributed by atoms with van der Waals surface area (Å²) >= 11 is 0. The van der Waals surface area contributed by atoms with Gasteiger partial charge in [0, 0.05) is 0 Å². The van der Waals surface area contributed by atoms with Crippen LogP contribution in [0, 0.1) is 6.92 Å². The van der Waals surface area contributed by atoms with Gasteiger partial charge in [0.1, 0.15) is 30.0 Å². The van der Waals surface area contributed by atoms with Gasteiger partial charge in [-0.15, -0.1) is 0 Å². The molecule has 1 aliphatic rings. The van der Waals surface area contributed by atoms with E-state index in [2.05, 4.69) is 5.32 Å². The number of rotatable bonds is 7. The summed E-state index contributed by atoms with van der Waals surface area (Å²) in [6.07, 6.45) is -1.04. The number of benzene rings is 2. The highest BCUT2D eigenvalue weighted by Gasteiger charge is 2.51. The lowest BCUT2D eigenvalue weighted by Crippen LogP contribution is -2.42. The fraction of sp³-hybridized carbons (Fsp3) is 0.250. The Labute approximate surface area is 180 Å². The number of urea groups is 1. The van der Waals surface area contributed by atoms with E-state index in [1.165, 1.54) is 0 Å². The van der Waals surface area contributed by atoms with E-state index < -0.39 is 23.6 Å². The van der Waals surface area contributed by atoms with Crippen molar-refractivity contribution in [2.45, 2.75) is 25.5 Å². The molecule has 1 saturated heterocycles. The Hall–Kier alpha value is -3.58. The van der Waals surface area contributed by atoms with Crippen LogP contribution in [0.2, 0.25) is 0 Å². The molecule has 1 fully saturated rings. The zero-order valence-electron chi connectivity index (χ0n) is 17.4. The largest absolute Gasteiger partial charge is 0.491 e. The Morgan fingerprint density at radius 1 is 1.03 bits per heavy atom. The van der Waals surface area contributed by atoms with Crippen LogP contribution in [0.25, 0.3) is 11.1 Å². The Kier molecular flexibility index (Phi) is 5.52. The summed E-state index contributed by atoms with van der Waals surface area (Å²) in [5.74, 6) is 1.11. The molecular weight excluding hydrogens is 396 g/mol. The van der Waals surface area contributed by atoms with E-state index in [1.54, 1.807) is 26.0 Å². The molecule has 7 nitrogen and oxygen atoms in total. The van der Waals surface area contributed by atoms with Crippen molar-refractivity contribution in [3.8, 4) is 16.9 Å². The predicted molar refractivity (Wildman–Crippen MR) is 114 cm³/mol. The number of aliphatic hydroxyl groups is 1. The van der Waals surface area contributed by atoms with Crippen molar-refractivity contribution in [2.24, 2.45) is 0 Å². The van der Waals surface area contributed by atoms with Gasteiger partial charge in [0.2, 0.25) is 0 Å². The molecule has 160 valence electrons. The van der Waals surface area contributed by atoms with E-state index in [9.17, 15) is 14.7 Å². The number of β-amino-alcohol motifs (C(OH)–C–C–N with tert-alkyl or cyclic N) is 1. The number of imide groups is 1. The molecule has 4 rings (SSSR count). The highest BCUT2D eigenvalue weighted by molar-refractivity contribution is 6.06. The lowest BCUT2D eigenvalue weighted by Gasteiger charge is -2.21. The van der Waals surface area contributed by atoms with E-state index in [1.807, 2.05) is 54.6 Å². The highest BCUT2D eigenvalue weighted by Crippen LogP contribution is 2.30. The maximum Gasteiger partial charge on any atom is 0.325 e. The summed E-state index contributed by atoms with van der Waals surface area (Å²) in [4.78, 5) is 26.2. The number of hydrogen-bond donors (Lipinski definition) is 2. The van der Waals surface area contributed by atoms with Gasteiger partial charge < -0.3 is 19.6 Å². The molecular formula is C24H24N2O5. The standard InChI is InChI=1S/C24H24N2O5/c1-16-8-13-21(31-16)24(2)22(28)26(23(29)25-24)14-19(27)15-30-20-11-9-18(10-12-20)17-6-4-3-5-7-17/h3-13,19,27H,14-15H2,1-2H3,(H,25,29). The van der Waals surface area contributed by atoms with E-state index >= 15 is 0 Å². The molecule has 2 heterocycles. The molecule has 0 bridgehead atoms. The molecule has 0 saturated carbocycles. The normalized spacial score (nSPS) is 19.4. The summed E-state index contributed by atoms with van der Waals surface area (Å²) in [7, 11) is 0. The average Bonchev–Trinajstić information content (AvgIpc) is 3.31. The highest BCUT2D eigenvalue weighted by atomic mass is 16.5. The lowest BCUT2D eigenvalue weighted by molar-refractivity contribution is -0.132. The van der Waals surface area contributed by atoms with E-state index in [0.717, 1.165) is 16.0 Å². The molecule has 2 aromatic carbocycles. The monoisotopic (exact) mass is 420 g/mol. The lowest BCUT2D eigenvalue weighted by atomic mass is 9.99. The average molecular weight is 420 g/mol. The van der Waals surface area contributed by atoms with Crippen LogP contribution in [0.15, 0.2) is 71.1 Å². The predicted octanol–water partition coefficient (Wildman–Crippen LogP) is 3.46. The number of aliphatic hydroxyl groups excluding tert-OH is 1. The molecule has 3 amide bonds. The van der Waals surface area contributed by atoms with Gasteiger partial charge in [0.05, 0.1) is 6.54 Å². The van der Waals surface area contributed by atoms with Crippen molar-refractivity contribution >= 4 is 11.9 Å². The first-order valence-electron chi connectivity index (χ1n) is 10.0. The number of aryl methyl sites for hydroxylation is 1. The topological polar surface area (TPSA) is 92.0 Å². The molecule has 31 heavy (non-hydrogen) atoms. The van der Waals surface area contributed by atoms with Gasteiger partial charge in [-0.05, 0) is 49.2 Å². The molecule has 2 unspecified atom stereocenters. The minimum atomic E-state index is -1.29. The molecule has 0 spiro atoms. The number of furan rings is 1. The second-order valence-corrected chi connectivity index (χ2v) is 7.74. The van der Waals surface area contributed by atoms with E-state index in [4.69, 9.17) is 9.15 Å². The second-order valence-electron chi connectivity index (χ2n) is 7.74. The zero-order valence-corrected chi connectivity index (χ0v) is 17.4. The molecule has 2 N–H and O–H groups in total. The fourth-order valence-corrected chi connectivity index (χ4v) is 3.56. The molecule has 0 aliphatic carbocycles. The van der Waals surface area contributed by atoms with Crippen molar-refractivity contribution < 1.29 is 23.8 Å². The number of nitrogens with one attached hydrogen (secondary N) is 1. The van der Waals surface area contributed by atoms with E-state index in [-0.39, 0.29) is 13.2 Å². The quantitative estimate of drug-likeness (QED) is 0.571. The summed E-state index contributed by atoms with van der Waals surface area (Å²) in [5, 5.41) is 13.0. The van der Waals surface area contributed by atoms with Gasteiger partial charge in [-0.25, -0.2) is 4.79 Å². The third kappa shape index (κ3) is 4.18. The maximum atomic E-state index is 12.9. The number of nitrogens with zero attached hydrogens (tertiary/aromatic N) is 1. The Morgan fingerprint density at radius 3 is 2.35 bits per heavy atom. The van der Waals surface area contributed by atoms with Crippen LogP contribution < -0.4 is 10.1 Å². The summed E-state index contributed by atoms with van der Waals surface area (Å²) in [6, 6.07) is 20.3. The third-order valence-corrected chi connectivity index (χ3v) is 5.31. The van der Waals surface area contributed by atoms with E-state index in [0.29, 0.717) is 17.3 Å². The summed E-state index contributed by atoms with van der Waals surface area (Å²) in [5.41, 5.74) is 0.863. The molecule has 1 aromatic heterocycles. The van der Waals surface area contributed by atoms with Crippen molar-refractivity contribution in [1.29, 1.82) is 0 Å². The minimum Gasteiger partial charge on any atom is -0.491 e. The molecule has 7 heteroatoms. The van der Waals surface area contributed by atoms with Gasteiger partial charge in [-0.3, -0.25) is 9.69 Å². The first kappa shape index (κ1) is 20.7. The van der Waals surface area contributed by atoms with Crippen LogP contribution in [0.1, 0.15) is 18.4 Å². The molecule has 2 atom stereocenters. The van der Waals surface area contributed by atoms with Gasteiger partial charge in [-0.2, -0.15) is 0 Å². The second kappa shape index (κ2) is 8.28.